The van der Waals surface area contributed by atoms with Crippen molar-refractivity contribution in [2.75, 3.05) is 6.54 Å². The van der Waals surface area contributed by atoms with Crippen molar-refractivity contribution in [1.82, 2.24) is 15.1 Å². The van der Waals surface area contributed by atoms with Gasteiger partial charge in [0.05, 0.1) is 23.0 Å². The first-order valence-electron chi connectivity index (χ1n) is 7.63. The summed E-state index contributed by atoms with van der Waals surface area (Å²) >= 11 is 6.39. The van der Waals surface area contributed by atoms with Gasteiger partial charge < -0.3 is 5.32 Å². The second-order valence-corrected chi connectivity index (χ2v) is 5.52. The van der Waals surface area contributed by atoms with E-state index in [1.54, 1.807) is 6.20 Å². The van der Waals surface area contributed by atoms with Crippen LogP contribution in [0.4, 0.5) is 0 Å². The minimum Gasteiger partial charge on any atom is -0.308 e. The molecule has 0 aliphatic heterocycles. The second-order valence-electron chi connectivity index (χ2n) is 5.11. The molecule has 0 fully saturated rings. The number of hydrogen-bond acceptors (Lipinski definition) is 2. The molecule has 4 heteroatoms. The first-order chi connectivity index (χ1) is 9.19. The third-order valence-electron chi connectivity index (χ3n) is 3.70. The van der Waals surface area contributed by atoms with Crippen LogP contribution in [0.15, 0.2) is 6.20 Å². The molecule has 0 aliphatic carbocycles. The number of halogens is 1. The van der Waals surface area contributed by atoms with E-state index in [9.17, 15) is 0 Å². The quantitative estimate of drug-likeness (QED) is 0.728. The van der Waals surface area contributed by atoms with Gasteiger partial charge in [0, 0.05) is 6.54 Å². The van der Waals surface area contributed by atoms with E-state index in [1.807, 2.05) is 0 Å². The fourth-order valence-electron chi connectivity index (χ4n) is 2.62. The van der Waals surface area contributed by atoms with Gasteiger partial charge in [0.25, 0.3) is 0 Å². The summed E-state index contributed by atoms with van der Waals surface area (Å²) in [5.74, 6) is 0.608. The molecule has 0 spiro atoms. The molecule has 3 nitrogen and oxygen atoms in total. The molecular formula is C15H28ClN3. The lowest BCUT2D eigenvalue weighted by Gasteiger charge is -2.27. The fraction of sp³-hybridized carbons (Fsp3) is 0.800. The van der Waals surface area contributed by atoms with E-state index in [2.05, 4.69) is 42.8 Å². The number of hydrogen-bond donors (Lipinski definition) is 1. The van der Waals surface area contributed by atoms with Crippen LogP contribution in [0.5, 0.6) is 0 Å². The van der Waals surface area contributed by atoms with E-state index >= 15 is 0 Å². The van der Waals surface area contributed by atoms with E-state index < -0.39 is 0 Å². The lowest BCUT2D eigenvalue weighted by atomic mass is 9.91. The molecule has 0 saturated heterocycles. The molecule has 0 aliphatic rings. The Balaban J connectivity index is 3.04. The van der Waals surface area contributed by atoms with Crippen LogP contribution >= 0.6 is 11.6 Å². The SMILES string of the molecule is CCCNC(c1c(Cl)cnn1CCC)C(CC)CC. The van der Waals surface area contributed by atoms with Crippen molar-refractivity contribution in [2.45, 2.75) is 66.0 Å². The predicted molar refractivity (Wildman–Crippen MR) is 82.6 cm³/mol. The van der Waals surface area contributed by atoms with E-state index in [0.717, 1.165) is 43.8 Å². The molecule has 1 rings (SSSR count). The zero-order chi connectivity index (χ0) is 14.3. The van der Waals surface area contributed by atoms with Crippen LogP contribution in [0, 0.1) is 5.92 Å². The Labute approximate surface area is 122 Å². The number of rotatable bonds is 9. The van der Waals surface area contributed by atoms with Crippen LogP contribution in [-0.4, -0.2) is 16.3 Å². The third-order valence-corrected chi connectivity index (χ3v) is 3.99. The Morgan fingerprint density at radius 1 is 1.21 bits per heavy atom. The summed E-state index contributed by atoms with van der Waals surface area (Å²) in [4.78, 5) is 0. The van der Waals surface area contributed by atoms with Gasteiger partial charge in [0.2, 0.25) is 0 Å². The van der Waals surface area contributed by atoms with Crippen molar-refractivity contribution >= 4 is 11.6 Å². The Bertz CT molecular complexity index is 358. The zero-order valence-corrected chi connectivity index (χ0v) is 13.5. The van der Waals surface area contributed by atoms with Crippen LogP contribution in [0.25, 0.3) is 0 Å². The van der Waals surface area contributed by atoms with Gasteiger partial charge in [0.15, 0.2) is 0 Å². The molecule has 1 unspecified atom stereocenters. The van der Waals surface area contributed by atoms with E-state index in [0.29, 0.717) is 12.0 Å². The van der Waals surface area contributed by atoms with Crippen molar-refractivity contribution in [3.8, 4) is 0 Å². The monoisotopic (exact) mass is 285 g/mol. The molecule has 1 atom stereocenters. The summed E-state index contributed by atoms with van der Waals surface area (Å²) in [5, 5.41) is 8.90. The summed E-state index contributed by atoms with van der Waals surface area (Å²) in [5.41, 5.74) is 1.17. The Morgan fingerprint density at radius 3 is 2.42 bits per heavy atom. The molecule has 0 aromatic carbocycles. The van der Waals surface area contributed by atoms with Crippen LogP contribution in [0.2, 0.25) is 5.02 Å². The molecule has 0 amide bonds. The van der Waals surface area contributed by atoms with Gasteiger partial charge in [-0.1, -0.05) is 52.1 Å². The highest BCUT2D eigenvalue weighted by molar-refractivity contribution is 6.31. The highest BCUT2D eigenvalue weighted by atomic mass is 35.5. The summed E-state index contributed by atoms with van der Waals surface area (Å²) in [7, 11) is 0. The number of aryl methyl sites for hydroxylation is 1. The van der Waals surface area contributed by atoms with Gasteiger partial charge in [-0.25, -0.2) is 0 Å². The summed E-state index contributed by atoms with van der Waals surface area (Å²) < 4.78 is 2.08. The highest BCUT2D eigenvalue weighted by Crippen LogP contribution is 2.32. The molecule has 0 bridgehead atoms. The minimum atomic E-state index is 0.316. The summed E-state index contributed by atoms with van der Waals surface area (Å²) in [6.07, 6.45) is 6.32. The maximum atomic E-state index is 6.39. The first-order valence-corrected chi connectivity index (χ1v) is 8.01. The normalized spacial score (nSPS) is 13.2. The van der Waals surface area contributed by atoms with Gasteiger partial charge in [-0.05, 0) is 25.3 Å². The van der Waals surface area contributed by atoms with Crippen molar-refractivity contribution in [2.24, 2.45) is 5.92 Å². The van der Waals surface area contributed by atoms with Crippen LogP contribution in [-0.2, 0) is 6.54 Å². The summed E-state index contributed by atoms with van der Waals surface area (Å²) in [6, 6.07) is 0.316. The topological polar surface area (TPSA) is 29.9 Å². The van der Waals surface area contributed by atoms with E-state index in [1.165, 1.54) is 5.69 Å². The lowest BCUT2D eigenvalue weighted by molar-refractivity contribution is 0.322. The summed E-state index contributed by atoms with van der Waals surface area (Å²) in [6.45, 7) is 10.8. The third kappa shape index (κ3) is 4.22. The van der Waals surface area contributed by atoms with Gasteiger partial charge in [-0.2, -0.15) is 5.10 Å². The molecule has 110 valence electrons. The Hall–Kier alpha value is -0.540. The van der Waals surface area contributed by atoms with Crippen molar-refractivity contribution < 1.29 is 0 Å². The molecule has 0 saturated carbocycles. The maximum absolute atomic E-state index is 6.39. The predicted octanol–water partition coefficient (Wildman–Crippen LogP) is 4.42. The largest absolute Gasteiger partial charge is 0.308 e. The number of nitrogens with zero attached hydrogens (tertiary/aromatic N) is 2. The highest BCUT2D eigenvalue weighted by Gasteiger charge is 2.25. The van der Waals surface area contributed by atoms with Crippen molar-refractivity contribution in [3.05, 3.63) is 16.9 Å². The van der Waals surface area contributed by atoms with E-state index in [-0.39, 0.29) is 0 Å². The van der Waals surface area contributed by atoms with Crippen molar-refractivity contribution in [1.29, 1.82) is 0 Å². The number of aromatic nitrogens is 2. The van der Waals surface area contributed by atoms with Gasteiger partial charge in [-0.3, -0.25) is 4.68 Å². The number of nitrogens with one attached hydrogen (secondary N) is 1. The minimum absolute atomic E-state index is 0.316. The lowest BCUT2D eigenvalue weighted by Crippen LogP contribution is -2.31. The van der Waals surface area contributed by atoms with Crippen molar-refractivity contribution in [3.63, 3.8) is 0 Å². The van der Waals surface area contributed by atoms with Gasteiger partial charge in [-0.15, -0.1) is 0 Å². The van der Waals surface area contributed by atoms with Gasteiger partial charge in [0.1, 0.15) is 0 Å². The first kappa shape index (κ1) is 16.5. The van der Waals surface area contributed by atoms with Crippen LogP contribution in [0.3, 0.4) is 0 Å². The van der Waals surface area contributed by atoms with Crippen LogP contribution in [0.1, 0.15) is 65.1 Å². The average molecular weight is 286 g/mol. The molecule has 1 N–H and O–H groups in total. The fourth-order valence-corrected chi connectivity index (χ4v) is 2.88. The molecule has 1 aromatic rings. The molecule has 1 aromatic heterocycles. The molecular weight excluding hydrogens is 258 g/mol. The van der Waals surface area contributed by atoms with E-state index in [4.69, 9.17) is 11.6 Å². The average Bonchev–Trinajstić information content (AvgIpc) is 2.76. The maximum Gasteiger partial charge on any atom is 0.0834 e. The zero-order valence-electron chi connectivity index (χ0n) is 12.7. The smallest absolute Gasteiger partial charge is 0.0834 e. The molecule has 0 radical (unpaired) electrons. The standard InChI is InChI=1S/C15H28ClN3/c1-5-9-17-14(12(7-3)8-4)15-13(16)11-18-19(15)10-6-2/h11-12,14,17H,5-10H2,1-4H3. The Morgan fingerprint density at radius 2 is 1.89 bits per heavy atom. The Kier molecular flexibility index (Phi) is 7.47. The van der Waals surface area contributed by atoms with Crippen LogP contribution < -0.4 is 5.32 Å². The van der Waals surface area contributed by atoms with Gasteiger partial charge >= 0.3 is 0 Å². The molecule has 1 heterocycles. The second kappa shape index (κ2) is 8.60. The molecule has 19 heavy (non-hydrogen) atoms.